The van der Waals surface area contributed by atoms with Crippen molar-refractivity contribution in [2.75, 3.05) is 26.2 Å². The first-order valence-electron chi connectivity index (χ1n) is 6.21. The van der Waals surface area contributed by atoms with Crippen LogP contribution in [-0.4, -0.2) is 31.1 Å². The Bertz CT molecular complexity index is 448. The van der Waals surface area contributed by atoms with Gasteiger partial charge in [0.2, 0.25) is 0 Å². The van der Waals surface area contributed by atoms with Crippen molar-refractivity contribution in [3.8, 4) is 0 Å². The third kappa shape index (κ3) is 4.10. The summed E-state index contributed by atoms with van der Waals surface area (Å²) in [7, 11) is 0. The number of halogens is 5. The van der Waals surface area contributed by atoms with Crippen molar-refractivity contribution < 1.29 is 13.2 Å². The predicted molar refractivity (Wildman–Crippen MR) is 79.2 cm³/mol. The van der Waals surface area contributed by atoms with Crippen molar-refractivity contribution in [3.05, 3.63) is 33.8 Å². The van der Waals surface area contributed by atoms with E-state index in [0.717, 1.165) is 36.7 Å². The highest BCUT2D eigenvalue weighted by molar-refractivity contribution is 9.10. The number of hydrogen-bond donors (Lipinski definition) is 1. The van der Waals surface area contributed by atoms with Gasteiger partial charge in [-0.3, -0.25) is 4.90 Å². The first kappa shape index (κ1) is 17.8. The molecule has 1 aromatic rings. The number of alkyl halides is 3. The molecule has 0 spiro atoms. The lowest BCUT2D eigenvalue weighted by atomic mass is 10.0. The lowest BCUT2D eigenvalue weighted by Crippen LogP contribution is -2.44. The molecule has 1 aliphatic rings. The standard InChI is InChI=1S/C13H16BrF3N2.ClH/c1-9(19-6-4-18-5-7-19)11-8-10(13(15,16)17)2-3-12(11)14;/h2-3,8-9,18H,4-7H2,1H3;1H/t9-;/m1./s1. The molecule has 0 bridgehead atoms. The molecule has 0 aliphatic carbocycles. The van der Waals surface area contributed by atoms with E-state index >= 15 is 0 Å². The second-order valence-corrected chi connectivity index (χ2v) is 5.55. The van der Waals surface area contributed by atoms with E-state index in [2.05, 4.69) is 26.1 Å². The van der Waals surface area contributed by atoms with Crippen LogP contribution in [0.2, 0.25) is 0 Å². The van der Waals surface area contributed by atoms with Crippen molar-refractivity contribution >= 4 is 28.3 Å². The maximum absolute atomic E-state index is 12.8. The predicted octanol–water partition coefficient (Wildman–Crippen LogP) is 3.86. The summed E-state index contributed by atoms with van der Waals surface area (Å²) < 4.78 is 39.0. The fourth-order valence-electron chi connectivity index (χ4n) is 2.31. The maximum Gasteiger partial charge on any atom is 0.416 e. The van der Waals surface area contributed by atoms with E-state index in [1.807, 2.05) is 6.92 Å². The number of hydrogen-bond acceptors (Lipinski definition) is 2. The first-order chi connectivity index (χ1) is 8.89. The number of piperazine rings is 1. The van der Waals surface area contributed by atoms with E-state index in [1.165, 1.54) is 12.1 Å². The molecule has 0 radical (unpaired) electrons. The molecule has 1 N–H and O–H groups in total. The Balaban J connectivity index is 0.00000200. The van der Waals surface area contributed by atoms with Crippen molar-refractivity contribution in [1.82, 2.24) is 10.2 Å². The quantitative estimate of drug-likeness (QED) is 0.847. The molecule has 0 aromatic heterocycles. The number of nitrogens with one attached hydrogen (secondary N) is 1. The summed E-state index contributed by atoms with van der Waals surface area (Å²) >= 11 is 3.35. The van der Waals surface area contributed by atoms with Crippen LogP contribution in [0.5, 0.6) is 0 Å². The van der Waals surface area contributed by atoms with Crippen molar-refractivity contribution in [1.29, 1.82) is 0 Å². The van der Waals surface area contributed by atoms with Crippen molar-refractivity contribution in [3.63, 3.8) is 0 Å². The minimum Gasteiger partial charge on any atom is -0.314 e. The van der Waals surface area contributed by atoms with Gasteiger partial charge in [-0.05, 0) is 30.7 Å². The second-order valence-electron chi connectivity index (χ2n) is 4.70. The van der Waals surface area contributed by atoms with E-state index in [4.69, 9.17) is 0 Å². The van der Waals surface area contributed by atoms with Gasteiger partial charge in [-0.25, -0.2) is 0 Å². The van der Waals surface area contributed by atoms with Crippen molar-refractivity contribution in [2.24, 2.45) is 0 Å². The molecule has 20 heavy (non-hydrogen) atoms. The molecule has 114 valence electrons. The molecule has 7 heteroatoms. The van der Waals surface area contributed by atoms with Crippen LogP contribution in [0.4, 0.5) is 13.2 Å². The monoisotopic (exact) mass is 372 g/mol. The lowest BCUT2D eigenvalue weighted by Gasteiger charge is -2.33. The largest absolute Gasteiger partial charge is 0.416 e. The van der Waals surface area contributed by atoms with Gasteiger partial charge in [0.1, 0.15) is 0 Å². The van der Waals surface area contributed by atoms with Gasteiger partial charge in [-0.15, -0.1) is 12.4 Å². The molecule has 0 amide bonds. The molecule has 2 rings (SSSR count). The van der Waals surface area contributed by atoms with E-state index in [-0.39, 0.29) is 18.4 Å². The highest BCUT2D eigenvalue weighted by Gasteiger charge is 2.32. The molecular weight excluding hydrogens is 357 g/mol. The van der Waals surface area contributed by atoms with Gasteiger partial charge in [0.15, 0.2) is 0 Å². The third-order valence-corrected chi connectivity index (χ3v) is 4.19. The average molecular weight is 374 g/mol. The number of nitrogens with zero attached hydrogens (tertiary/aromatic N) is 1. The summed E-state index contributed by atoms with van der Waals surface area (Å²) in [5, 5.41) is 3.24. The Morgan fingerprint density at radius 1 is 1.25 bits per heavy atom. The topological polar surface area (TPSA) is 15.3 Å². The summed E-state index contributed by atoms with van der Waals surface area (Å²) in [5.74, 6) is 0. The molecule has 1 aromatic carbocycles. The summed E-state index contributed by atoms with van der Waals surface area (Å²) in [6, 6.07) is 3.81. The smallest absolute Gasteiger partial charge is 0.314 e. The van der Waals surface area contributed by atoms with Gasteiger partial charge in [0.05, 0.1) is 5.56 Å². The molecule has 1 atom stereocenters. The van der Waals surface area contributed by atoms with Gasteiger partial charge < -0.3 is 5.32 Å². The Morgan fingerprint density at radius 2 is 1.85 bits per heavy atom. The van der Waals surface area contributed by atoms with E-state index in [0.29, 0.717) is 5.56 Å². The fraction of sp³-hybridized carbons (Fsp3) is 0.538. The van der Waals surface area contributed by atoms with Gasteiger partial charge in [-0.1, -0.05) is 15.9 Å². The van der Waals surface area contributed by atoms with Crippen LogP contribution >= 0.6 is 28.3 Å². The van der Waals surface area contributed by atoms with Crippen LogP contribution in [0.1, 0.15) is 24.1 Å². The molecule has 1 aliphatic heterocycles. The molecule has 1 heterocycles. The highest BCUT2D eigenvalue weighted by Crippen LogP contribution is 2.35. The van der Waals surface area contributed by atoms with Crippen LogP contribution in [0, 0.1) is 0 Å². The minimum atomic E-state index is -4.29. The lowest BCUT2D eigenvalue weighted by molar-refractivity contribution is -0.137. The van der Waals surface area contributed by atoms with Crippen LogP contribution < -0.4 is 5.32 Å². The molecule has 1 fully saturated rings. The zero-order valence-electron chi connectivity index (χ0n) is 11.0. The highest BCUT2D eigenvalue weighted by atomic mass is 79.9. The Kier molecular flexibility index (Phi) is 6.31. The SMILES string of the molecule is C[C@H](c1cc(C(F)(F)F)ccc1Br)N1CCNCC1.Cl. The van der Waals surface area contributed by atoms with Crippen LogP contribution in [0.3, 0.4) is 0 Å². The van der Waals surface area contributed by atoms with Gasteiger partial charge in [0.25, 0.3) is 0 Å². The van der Waals surface area contributed by atoms with E-state index in [9.17, 15) is 13.2 Å². The van der Waals surface area contributed by atoms with Gasteiger partial charge in [0, 0.05) is 36.7 Å². The summed E-state index contributed by atoms with van der Waals surface area (Å²) in [4.78, 5) is 2.19. The minimum absolute atomic E-state index is 0. The maximum atomic E-state index is 12.8. The Labute approximate surface area is 131 Å². The summed E-state index contributed by atoms with van der Waals surface area (Å²) in [6.45, 7) is 5.40. The Morgan fingerprint density at radius 3 is 2.40 bits per heavy atom. The first-order valence-corrected chi connectivity index (χ1v) is 7.00. The fourth-order valence-corrected chi connectivity index (χ4v) is 2.88. The van der Waals surface area contributed by atoms with E-state index in [1.54, 1.807) is 0 Å². The van der Waals surface area contributed by atoms with Crippen LogP contribution in [-0.2, 0) is 6.18 Å². The van der Waals surface area contributed by atoms with Crippen LogP contribution in [0.25, 0.3) is 0 Å². The van der Waals surface area contributed by atoms with Crippen LogP contribution in [0.15, 0.2) is 22.7 Å². The van der Waals surface area contributed by atoms with E-state index < -0.39 is 11.7 Å². The molecular formula is C13H17BrClF3N2. The molecule has 1 saturated heterocycles. The number of benzene rings is 1. The summed E-state index contributed by atoms with van der Waals surface area (Å²) in [6.07, 6.45) is -4.29. The van der Waals surface area contributed by atoms with Gasteiger partial charge in [-0.2, -0.15) is 13.2 Å². The zero-order valence-corrected chi connectivity index (χ0v) is 13.4. The van der Waals surface area contributed by atoms with Crippen molar-refractivity contribution in [2.45, 2.75) is 19.1 Å². The summed E-state index contributed by atoms with van der Waals surface area (Å²) in [5.41, 5.74) is 0.101. The molecule has 0 unspecified atom stereocenters. The molecule has 0 saturated carbocycles. The molecule has 2 nitrogen and oxygen atoms in total. The Hall–Kier alpha value is -0.300. The zero-order chi connectivity index (χ0) is 14.0. The normalized spacial score (nSPS) is 18.4. The second kappa shape index (κ2) is 7.11. The third-order valence-electron chi connectivity index (χ3n) is 3.47. The van der Waals surface area contributed by atoms with Gasteiger partial charge >= 0.3 is 6.18 Å². The average Bonchev–Trinajstić information content (AvgIpc) is 2.38. The number of rotatable bonds is 2.